The van der Waals surface area contributed by atoms with Gasteiger partial charge in [-0.3, -0.25) is 19.0 Å². The monoisotopic (exact) mass is 445 g/mol. The third-order valence-electron chi connectivity index (χ3n) is 5.42. The molecule has 0 atom stereocenters. The number of aryl methyl sites for hydroxylation is 3. The molecular weight excluding hydrogens is 418 g/mol. The highest BCUT2D eigenvalue weighted by Crippen LogP contribution is 2.28. The van der Waals surface area contributed by atoms with E-state index in [1.807, 2.05) is 13.8 Å². The molecule has 9 nitrogen and oxygen atoms in total. The zero-order valence-electron chi connectivity index (χ0n) is 18.5. The van der Waals surface area contributed by atoms with Crippen molar-refractivity contribution in [2.45, 2.75) is 39.5 Å². The van der Waals surface area contributed by atoms with E-state index in [2.05, 4.69) is 14.8 Å². The van der Waals surface area contributed by atoms with Gasteiger partial charge in [-0.15, -0.1) is 0 Å². The summed E-state index contributed by atoms with van der Waals surface area (Å²) >= 11 is 0. The van der Waals surface area contributed by atoms with Crippen molar-refractivity contribution in [3.63, 3.8) is 0 Å². The Morgan fingerprint density at radius 3 is 2.35 bits per heavy atom. The number of likely N-dealkylation sites (N-methyl/N-ethyl adjacent to an activating group) is 1. The van der Waals surface area contributed by atoms with Gasteiger partial charge in [-0.05, 0) is 52.8 Å². The third-order valence-corrected chi connectivity index (χ3v) is 7.05. The molecule has 166 valence electrons. The van der Waals surface area contributed by atoms with Crippen molar-refractivity contribution in [2.24, 2.45) is 7.05 Å². The number of fused-ring (bicyclic) bond motifs is 1. The predicted molar refractivity (Wildman–Crippen MR) is 119 cm³/mol. The van der Waals surface area contributed by atoms with Gasteiger partial charge in [0.2, 0.25) is 0 Å². The number of aromatic amines is 1. The fourth-order valence-electron chi connectivity index (χ4n) is 3.79. The number of hydrogen-bond acceptors (Lipinski definition) is 5. The first-order chi connectivity index (χ1) is 14.5. The number of ketones is 1. The number of benzene rings is 1. The summed E-state index contributed by atoms with van der Waals surface area (Å²) in [5.74, 6) is -1.20. The molecule has 0 aliphatic carbocycles. The highest BCUT2D eigenvalue weighted by Gasteiger charge is 2.27. The van der Waals surface area contributed by atoms with E-state index >= 15 is 0 Å². The van der Waals surface area contributed by atoms with Crippen LogP contribution in [-0.2, 0) is 21.9 Å². The first-order valence-corrected chi connectivity index (χ1v) is 11.5. The lowest BCUT2D eigenvalue weighted by molar-refractivity contribution is -0.126. The minimum absolute atomic E-state index is 0.119. The van der Waals surface area contributed by atoms with Crippen LogP contribution in [0.3, 0.4) is 0 Å². The molecule has 2 heterocycles. The van der Waals surface area contributed by atoms with Crippen molar-refractivity contribution in [1.82, 2.24) is 19.7 Å². The highest BCUT2D eigenvalue weighted by atomic mass is 32.2. The summed E-state index contributed by atoms with van der Waals surface area (Å²) in [5, 5.41) is 4.66. The summed E-state index contributed by atoms with van der Waals surface area (Å²) in [6, 6.07) is 4.86. The van der Waals surface area contributed by atoms with Crippen LogP contribution >= 0.6 is 0 Å². The summed E-state index contributed by atoms with van der Waals surface area (Å²) in [4.78, 5) is 30.2. The standard InChI is InChI=1S/C21H27N5O4S/c1-7-26(8-2)21(28)19(27)18-12(3)22-17-10-9-15(11-16(17)18)24-31(29,30)20-13(4)23-25(6)14(20)5/h9-11,22,24H,7-8H2,1-6H3. The average molecular weight is 446 g/mol. The van der Waals surface area contributed by atoms with Gasteiger partial charge in [0.15, 0.2) is 0 Å². The lowest BCUT2D eigenvalue weighted by atomic mass is 10.1. The summed E-state index contributed by atoms with van der Waals surface area (Å²) in [6.45, 7) is 9.51. The number of aromatic nitrogens is 3. The summed E-state index contributed by atoms with van der Waals surface area (Å²) < 4.78 is 30.1. The minimum Gasteiger partial charge on any atom is -0.358 e. The van der Waals surface area contributed by atoms with Crippen LogP contribution in [0.25, 0.3) is 10.9 Å². The first-order valence-electron chi connectivity index (χ1n) is 10.0. The molecule has 0 spiro atoms. The van der Waals surface area contributed by atoms with Gasteiger partial charge >= 0.3 is 0 Å². The lowest BCUT2D eigenvalue weighted by Crippen LogP contribution is -2.36. The van der Waals surface area contributed by atoms with Gasteiger partial charge in [0, 0.05) is 42.4 Å². The number of H-pyrrole nitrogens is 1. The maximum atomic E-state index is 13.0. The van der Waals surface area contributed by atoms with Crippen LogP contribution in [0.4, 0.5) is 5.69 Å². The number of anilines is 1. The molecule has 3 aromatic rings. The number of Topliss-reactive ketones (excluding diaryl/α,β-unsaturated/α-hetero) is 1. The number of hydrogen-bond donors (Lipinski definition) is 2. The van der Waals surface area contributed by atoms with Crippen molar-refractivity contribution in [3.05, 3.63) is 40.8 Å². The molecule has 0 fully saturated rings. The molecule has 0 radical (unpaired) electrons. The maximum Gasteiger partial charge on any atom is 0.295 e. The maximum absolute atomic E-state index is 13.0. The van der Waals surface area contributed by atoms with Crippen LogP contribution in [0.15, 0.2) is 23.1 Å². The van der Waals surface area contributed by atoms with Gasteiger partial charge in [0.05, 0.1) is 17.0 Å². The zero-order chi connectivity index (χ0) is 23.1. The Bertz CT molecular complexity index is 1280. The summed E-state index contributed by atoms with van der Waals surface area (Å²) in [6.07, 6.45) is 0. The van der Waals surface area contributed by atoms with Gasteiger partial charge in [-0.1, -0.05) is 0 Å². The first kappa shape index (κ1) is 22.5. The SMILES string of the molecule is CCN(CC)C(=O)C(=O)c1c(C)[nH]c2ccc(NS(=O)(=O)c3c(C)nn(C)c3C)cc12. The largest absolute Gasteiger partial charge is 0.358 e. The van der Waals surface area contributed by atoms with Crippen molar-refractivity contribution in [1.29, 1.82) is 0 Å². The predicted octanol–water partition coefficient (Wildman–Crippen LogP) is 2.68. The molecule has 0 saturated heterocycles. The van der Waals surface area contributed by atoms with E-state index in [0.29, 0.717) is 46.8 Å². The number of carbonyl (C=O) groups excluding carboxylic acids is 2. The summed E-state index contributed by atoms with van der Waals surface area (Å²) in [5.41, 5.74) is 2.65. The third kappa shape index (κ3) is 3.95. The number of sulfonamides is 1. The zero-order valence-corrected chi connectivity index (χ0v) is 19.3. The smallest absolute Gasteiger partial charge is 0.295 e. The molecule has 0 bridgehead atoms. The summed E-state index contributed by atoms with van der Waals surface area (Å²) in [7, 11) is -2.21. The molecule has 10 heteroatoms. The van der Waals surface area contributed by atoms with Gasteiger partial charge in [0.1, 0.15) is 4.90 Å². The highest BCUT2D eigenvalue weighted by molar-refractivity contribution is 7.92. The second-order valence-corrected chi connectivity index (χ2v) is 9.04. The fraction of sp³-hybridized carbons (Fsp3) is 0.381. The molecule has 2 aromatic heterocycles. The molecule has 0 saturated carbocycles. The quantitative estimate of drug-likeness (QED) is 0.428. The van der Waals surface area contributed by atoms with E-state index in [9.17, 15) is 18.0 Å². The van der Waals surface area contributed by atoms with Gasteiger partial charge in [-0.2, -0.15) is 5.10 Å². The van der Waals surface area contributed by atoms with E-state index in [1.165, 1.54) is 9.58 Å². The van der Waals surface area contributed by atoms with Crippen molar-refractivity contribution < 1.29 is 18.0 Å². The minimum atomic E-state index is -3.89. The number of carbonyl (C=O) groups is 2. The van der Waals surface area contributed by atoms with Crippen LogP contribution in [0.5, 0.6) is 0 Å². The van der Waals surface area contributed by atoms with E-state index in [0.717, 1.165) is 0 Å². The molecule has 1 aromatic carbocycles. The lowest BCUT2D eigenvalue weighted by Gasteiger charge is -2.17. The molecule has 0 aliphatic heterocycles. The second-order valence-electron chi connectivity index (χ2n) is 7.42. The molecule has 0 unspecified atom stereocenters. The Morgan fingerprint density at radius 1 is 1.16 bits per heavy atom. The Balaban J connectivity index is 2.04. The number of rotatable bonds is 7. The van der Waals surface area contributed by atoms with E-state index in [4.69, 9.17) is 0 Å². The van der Waals surface area contributed by atoms with Crippen molar-refractivity contribution in [3.8, 4) is 0 Å². The fourth-order valence-corrected chi connectivity index (χ4v) is 5.28. The van der Waals surface area contributed by atoms with Crippen LogP contribution < -0.4 is 4.72 Å². The second kappa shape index (κ2) is 8.18. The van der Waals surface area contributed by atoms with Gasteiger partial charge in [0.25, 0.3) is 21.7 Å². The van der Waals surface area contributed by atoms with Crippen molar-refractivity contribution in [2.75, 3.05) is 17.8 Å². The molecule has 2 N–H and O–H groups in total. The Morgan fingerprint density at radius 2 is 1.81 bits per heavy atom. The Hall–Kier alpha value is -3.14. The Labute approximate surface area is 181 Å². The number of amides is 1. The number of nitrogens with one attached hydrogen (secondary N) is 2. The Kier molecular flexibility index (Phi) is 5.95. The molecule has 1 amide bonds. The van der Waals surface area contributed by atoms with Crippen molar-refractivity contribution >= 4 is 38.3 Å². The van der Waals surface area contributed by atoms with Gasteiger partial charge in [-0.25, -0.2) is 8.42 Å². The average Bonchev–Trinajstić information content (AvgIpc) is 3.15. The topological polar surface area (TPSA) is 117 Å². The van der Waals surface area contributed by atoms with Crippen LogP contribution in [0.1, 0.15) is 41.3 Å². The van der Waals surface area contributed by atoms with Gasteiger partial charge < -0.3 is 9.88 Å². The van der Waals surface area contributed by atoms with Crippen LogP contribution in [0, 0.1) is 20.8 Å². The van der Waals surface area contributed by atoms with E-state index in [1.54, 1.807) is 46.0 Å². The van der Waals surface area contributed by atoms with E-state index in [-0.39, 0.29) is 10.5 Å². The molecule has 0 aliphatic rings. The molecule has 31 heavy (non-hydrogen) atoms. The van der Waals surface area contributed by atoms with Crippen LogP contribution in [0.2, 0.25) is 0 Å². The number of nitrogens with zero attached hydrogens (tertiary/aromatic N) is 3. The molecular formula is C21H27N5O4S. The molecule has 3 rings (SSSR count). The van der Waals surface area contributed by atoms with Crippen LogP contribution in [-0.4, -0.2) is 52.9 Å². The normalized spacial score (nSPS) is 11.7. The van der Waals surface area contributed by atoms with E-state index < -0.39 is 21.7 Å².